The van der Waals surface area contributed by atoms with Gasteiger partial charge < -0.3 is 4.90 Å². The van der Waals surface area contributed by atoms with Crippen molar-refractivity contribution in [1.29, 1.82) is 5.26 Å². The fraction of sp³-hybridized carbons (Fsp3) is 0.417. The molecule has 9 heteroatoms. The Labute approximate surface area is 200 Å². The van der Waals surface area contributed by atoms with Crippen LogP contribution in [0.1, 0.15) is 24.0 Å². The van der Waals surface area contributed by atoms with Crippen LogP contribution in [0.25, 0.3) is 0 Å². The molecule has 2 aliphatic heterocycles. The number of halogens is 1. The van der Waals surface area contributed by atoms with Gasteiger partial charge in [0.15, 0.2) is 0 Å². The quantitative estimate of drug-likeness (QED) is 0.626. The topological polar surface area (TPSA) is 84.7 Å². The van der Waals surface area contributed by atoms with Crippen molar-refractivity contribution in [2.45, 2.75) is 30.2 Å². The van der Waals surface area contributed by atoms with Crippen LogP contribution < -0.4 is 0 Å². The molecule has 2 saturated heterocycles. The molecule has 2 heterocycles. The lowest BCUT2D eigenvalue weighted by Gasteiger charge is -2.35. The summed E-state index contributed by atoms with van der Waals surface area (Å²) in [7, 11) is -3.77. The first-order valence-electron chi connectivity index (χ1n) is 11.1. The lowest BCUT2D eigenvalue weighted by Crippen LogP contribution is -2.53. The van der Waals surface area contributed by atoms with Gasteiger partial charge in [-0.05, 0) is 49.6 Å². The summed E-state index contributed by atoms with van der Waals surface area (Å²) in [6.45, 7) is 2.33. The predicted molar refractivity (Wildman–Crippen MR) is 126 cm³/mol. The van der Waals surface area contributed by atoms with Crippen molar-refractivity contribution in [1.82, 2.24) is 14.1 Å². The molecule has 174 valence electrons. The maximum Gasteiger partial charge on any atom is 0.244 e. The van der Waals surface area contributed by atoms with Gasteiger partial charge in [0.05, 0.1) is 17.0 Å². The number of hydrogen-bond acceptors (Lipinski definition) is 5. The van der Waals surface area contributed by atoms with E-state index in [9.17, 15) is 18.5 Å². The van der Waals surface area contributed by atoms with Gasteiger partial charge in [0, 0.05) is 37.2 Å². The summed E-state index contributed by atoms with van der Waals surface area (Å²) in [6, 6.07) is 16.3. The van der Waals surface area contributed by atoms with Gasteiger partial charge in [-0.3, -0.25) is 9.69 Å². The van der Waals surface area contributed by atoms with Crippen molar-refractivity contribution in [3.8, 4) is 6.07 Å². The average molecular weight is 487 g/mol. The number of benzene rings is 2. The Hall–Kier alpha value is -2.44. The van der Waals surface area contributed by atoms with Crippen LogP contribution in [0.3, 0.4) is 0 Å². The molecule has 4 rings (SSSR count). The summed E-state index contributed by atoms with van der Waals surface area (Å²) < 4.78 is 27.4. The normalized spacial score (nSPS) is 20.0. The average Bonchev–Trinajstić information content (AvgIpc) is 3.27. The minimum atomic E-state index is -3.77. The molecule has 0 radical (unpaired) electrons. The molecule has 2 aliphatic rings. The third-order valence-electron chi connectivity index (χ3n) is 6.47. The van der Waals surface area contributed by atoms with Gasteiger partial charge in [-0.15, -0.1) is 0 Å². The van der Waals surface area contributed by atoms with Gasteiger partial charge >= 0.3 is 0 Å². The fourth-order valence-corrected chi connectivity index (χ4v) is 6.40. The van der Waals surface area contributed by atoms with Gasteiger partial charge in [-0.1, -0.05) is 41.9 Å². The SMILES string of the molecule is N#Cc1ccccc1S(=O)(=O)N1CCN(C(=O)CN2CCCC2Cc2ccccc2Cl)CC1. The number of nitriles is 1. The summed E-state index contributed by atoms with van der Waals surface area (Å²) in [6.07, 6.45) is 2.90. The Kier molecular flexibility index (Phi) is 7.35. The third-order valence-corrected chi connectivity index (χ3v) is 8.79. The van der Waals surface area contributed by atoms with E-state index in [0.717, 1.165) is 36.4 Å². The van der Waals surface area contributed by atoms with Crippen LogP contribution in [0, 0.1) is 11.3 Å². The standard InChI is InChI=1S/C24H27ClN4O3S/c25-22-9-3-1-6-19(22)16-21-8-5-11-28(21)18-24(30)27-12-14-29(15-13-27)33(31,32)23-10-4-2-7-20(23)17-26/h1-4,6-7,9-10,21H,5,8,11-16,18H2. The zero-order chi connectivity index (χ0) is 23.4. The van der Waals surface area contributed by atoms with E-state index in [4.69, 9.17) is 11.6 Å². The first-order chi connectivity index (χ1) is 15.9. The number of carbonyl (C=O) groups excluding carboxylic acids is 1. The van der Waals surface area contributed by atoms with Crippen LogP contribution in [0.15, 0.2) is 53.4 Å². The summed E-state index contributed by atoms with van der Waals surface area (Å²) in [5.41, 5.74) is 1.23. The van der Waals surface area contributed by atoms with E-state index in [1.807, 2.05) is 30.3 Å². The highest BCUT2D eigenvalue weighted by molar-refractivity contribution is 7.89. The maximum absolute atomic E-state index is 13.0. The van der Waals surface area contributed by atoms with Gasteiger partial charge in [-0.2, -0.15) is 9.57 Å². The van der Waals surface area contributed by atoms with E-state index in [2.05, 4.69) is 4.90 Å². The number of carbonyl (C=O) groups is 1. The maximum atomic E-state index is 13.0. The predicted octanol–water partition coefficient (Wildman–Crippen LogP) is 2.75. The second-order valence-electron chi connectivity index (χ2n) is 8.45. The van der Waals surface area contributed by atoms with Crippen LogP contribution in [0.2, 0.25) is 5.02 Å². The van der Waals surface area contributed by atoms with Crippen LogP contribution in [0.4, 0.5) is 0 Å². The number of piperazine rings is 1. The molecule has 2 aromatic rings. The van der Waals surface area contributed by atoms with Crippen molar-refractivity contribution in [3.05, 3.63) is 64.7 Å². The number of amides is 1. The lowest BCUT2D eigenvalue weighted by molar-refractivity contribution is -0.133. The summed E-state index contributed by atoms with van der Waals surface area (Å²) >= 11 is 6.33. The van der Waals surface area contributed by atoms with Crippen molar-refractivity contribution in [2.75, 3.05) is 39.3 Å². The van der Waals surface area contributed by atoms with E-state index in [1.54, 1.807) is 17.0 Å². The van der Waals surface area contributed by atoms with Crippen molar-refractivity contribution < 1.29 is 13.2 Å². The monoisotopic (exact) mass is 486 g/mol. The molecule has 0 N–H and O–H groups in total. The van der Waals surface area contributed by atoms with Crippen LogP contribution in [0.5, 0.6) is 0 Å². The minimum absolute atomic E-state index is 0.0201. The highest BCUT2D eigenvalue weighted by Crippen LogP contribution is 2.25. The number of likely N-dealkylation sites (tertiary alicyclic amines) is 1. The molecule has 2 aromatic carbocycles. The van der Waals surface area contributed by atoms with Gasteiger partial charge in [0.2, 0.25) is 15.9 Å². The molecule has 0 aliphatic carbocycles. The first kappa shape index (κ1) is 23.7. The molecule has 0 aromatic heterocycles. The highest BCUT2D eigenvalue weighted by Gasteiger charge is 2.33. The Morgan fingerprint density at radius 2 is 1.73 bits per heavy atom. The number of nitrogens with zero attached hydrogens (tertiary/aromatic N) is 4. The van der Waals surface area contributed by atoms with E-state index >= 15 is 0 Å². The zero-order valence-corrected chi connectivity index (χ0v) is 19.9. The molecule has 0 spiro atoms. The van der Waals surface area contributed by atoms with E-state index in [1.165, 1.54) is 16.4 Å². The van der Waals surface area contributed by atoms with Crippen LogP contribution in [-0.4, -0.2) is 73.7 Å². The number of rotatable bonds is 6. The Bertz CT molecular complexity index is 1160. The molecule has 0 saturated carbocycles. The molecule has 0 bridgehead atoms. The second kappa shape index (κ2) is 10.2. The fourth-order valence-electron chi connectivity index (χ4n) is 4.63. The lowest BCUT2D eigenvalue weighted by atomic mass is 10.0. The van der Waals surface area contributed by atoms with Gasteiger partial charge in [0.1, 0.15) is 6.07 Å². The van der Waals surface area contributed by atoms with Crippen molar-refractivity contribution >= 4 is 27.5 Å². The number of sulfonamides is 1. The van der Waals surface area contributed by atoms with Crippen LogP contribution in [-0.2, 0) is 21.2 Å². The molecule has 7 nitrogen and oxygen atoms in total. The van der Waals surface area contributed by atoms with Crippen molar-refractivity contribution in [2.24, 2.45) is 0 Å². The molecular weight excluding hydrogens is 460 g/mol. The molecule has 1 atom stereocenters. The first-order valence-corrected chi connectivity index (χ1v) is 13.0. The summed E-state index contributed by atoms with van der Waals surface area (Å²) in [5, 5.41) is 10.0. The summed E-state index contributed by atoms with van der Waals surface area (Å²) in [5.74, 6) is 0.0236. The Balaban J connectivity index is 1.35. The molecule has 33 heavy (non-hydrogen) atoms. The molecule has 1 unspecified atom stereocenters. The Morgan fingerprint density at radius 1 is 1.03 bits per heavy atom. The Morgan fingerprint density at radius 3 is 2.45 bits per heavy atom. The van der Waals surface area contributed by atoms with Gasteiger partial charge in [-0.25, -0.2) is 8.42 Å². The second-order valence-corrected chi connectivity index (χ2v) is 10.8. The van der Waals surface area contributed by atoms with E-state index < -0.39 is 10.0 Å². The van der Waals surface area contributed by atoms with E-state index in [0.29, 0.717) is 19.6 Å². The molecule has 2 fully saturated rings. The largest absolute Gasteiger partial charge is 0.339 e. The van der Waals surface area contributed by atoms with Crippen molar-refractivity contribution in [3.63, 3.8) is 0 Å². The van der Waals surface area contributed by atoms with Gasteiger partial charge in [0.25, 0.3) is 0 Å². The van der Waals surface area contributed by atoms with E-state index in [-0.39, 0.29) is 35.5 Å². The third kappa shape index (κ3) is 5.22. The van der Waals surface area contributed by atoms with Crippen LogP contribution >= 0.6 is 11.6 Å². The number of hydrogen-bond donors (Lipinski definition) is 0. The smallest absolute Gasteiger partial charge is 0.244 e. The minimum Gasteiger partial charge on any atom is -0.339 e. The molecular formula is C24H27ClN4O3S. The highest BCUT2D eigenvalue weighted by atomic mass is 35.5. The molecule has 1 amide bonds. The zero-order valence-electron chi connectivity index (χ0n) is 18.4. The summed E-state index contributed by atoms with van der Waals surface area (Å²) in [4.78, 5) is 17.0.